The number of aliphatic hydroxyl groups is 1. The van der Waals surface area contributed by atoms with Crippen molar-refractivity contribution < 1.29 is 23.5 Å². The molecule has 0 saturated carbocycles. The Balaban J connectivity index is 2.18. The molecule has 0 aliphatic carbocycles. The number of halogens is 2. The van der Waals surface area contributed by atoms with Crippen LogP contribution in [0.3, 0.4) is 0 Å². The third-order valence-corrected chi connectivity index (χ3v) is 3.77. The second kappa shape index (κ2) is 6.00. The van der Waals surface area contributed by atoms with Gasteiger partial charge in [-0.3, -0.25) is 9.69 Å². The molecule has 7 heteroatoms. The van der Waals surface area contributed by atoms with Gasteiger partial charge < -0.3 is 10.4 Å². The summed E-state index contributed by atoms with van der Waals surface area (Å²) in [5.41, 5.74) is -1.31. The van der Waals surface area contributed by atoms with Crippen molar-refractivity contribution in [3.63, 3.8) is 0 Å². The van der Waals surface area contributed by atoms with E-state index < -0.39 is 41.8 Å². The number of hydrogen-bond donors (Lipinski definition) is 2. The summed E-state index contributed by atoms with van der Waals surface area (Å²) in [6.07, 6.45) is -0.343. The number of imide groups is 1. The molecule has 120 valence electrons. The number of hydrogen-bond acceptors (Lipinski definition) is 3. The summed E-state index contributed by atoms with van der Waals surface area (Å²) in [7, 11) is 0. The van der Waals surface area contributed by atoms with Gasteiger partial charge in [-0.25, -0.2) is 13.6 Å². The maximum Gasteiger partial charge on any atom is 0.325 e. The molecule has 2 N–H and O–H groups in total. The van der Waals surface area contributed by atoms with Crippen molar-refractivity contribution in [3.8, 4) is 0 Å². The first kappa shape index (κ1) is 16.4. The van der Waals surface area contributed by atoms with Crippen LogP contribution >= 0.6 is 0 Å². The Morgan fingerprint density at radius 1 is 1.36 bits per heavy atom. The minimum atomic E-state index is -1.49. The Morgan fingerprint density at radius 3 is 2.68 bits per heavy atom. The fraction of sp³-hybridized carbons (Fsp3) is 0.467. The van der Waals surface area contributed by atoms with Crippen LogP contribution in [-0.2, 0) is 4.79 Å². The molecule has 2 unspecified atom stereocenters. The van der Waals surface area contributed by atoms with Gasteiger partial charge in [0.2, 0.25) is 0 Å². The fourth-order valence-electron chi connectivity index (χ4n) is 2.62. The highest BCUT2D eigenvalue weighted by atomic mass is 19.1. The number of urea groups is 1. The molecule has 1 saturated heterocycles. The van der Waals surface area contributed by atoms with E-state index in [-0.39, 0.29) is 5.56 Å². The predicted molar refractivity (Wildman–Crippen MR) is 74.9 cm³/mol. The van der Waals surface area contributed by atoms with E-state index in [1.807, 2.05) is 6.92 Å². The van der Waals surface area contributed by atoms with E-state index in [1.165, 1.54) is 0 Å². The smallest absolute Gasteiger partial charge is 0.325 e. The average Bonchev–Trinajstić information content (AvgIpc) is 2.65. The first-order chi connectivity index (χ1) is 10.3. The number of aliphatic hydroxyl groups excluding tert-OH is 1. The van der Waals surface area contributed by atoms with E-state index in [0.29, 0.717) is 12.8 Å². The highest BCUT2D eigenvalue weighted by Crippen LogP contribution is 2.26. The molecule has 2 rings (SSSR count). The van der Waals surface area contributed by atoms with Crippen LogP contribution in [-0.4, -0.2) is 34.0 Å². The van der Waals surface area contributed by atoms with Crippen LogP contribution in [0.5, 0.6) is 0 Å². The molecule has 1 fully saturated rings. The van der Waals surface area contributed by atoms with Gasteiger partial charge in [-0.05, 0) is 31.5 Å². The Labute approximate surface area is 126 Å². The monoisotopic (exact) mass is 312 g/mol. The van der Waals surface area contributed by atoms with Crippen LogP contribution in [0.15, 0.2) is 18.2 Å². The van der Waals surface area contributed by atoms with Gasteiger partial charge in [0.05, 0.1) is 6.54 Å². The van der Waals surface area contributed by atoms with E-state index in [4.69, 9.17) is 0 Å². The van der Waals surface area contributed by atoms with E-state index >= 15 is 0 Å². The second-order valence-electron chi connectivity index (χ2n) is 5.61. The van der Waals surface area contributed by atoms with E-state index in [1.54, 1.807) is 6.92 Å². The van der Waals surface area contributed by atoms with Gasteiger partial charge in [-0.1, -0.05) is 13.3 Å². The number of β-amino-alcohol motifs (C(OH)–C–C–N with tert-alkyl or cyclic N) is 1. The van der Waals surface area contributed by atoms with Crippen LogP contribution in [0, 0.1) is 11.6 Å². The number of rotatable bonds is 5. The summed E-state index contributed by atoms with van der Waals surface area (Å²) in [6, 6.07) is 2.03. The van der Waals surface area contributed by atoms with Crippen LogP contribution in [0.25, 0.3) is 0 Å². The minimum Gasteiger partial charge on any atom is -0.386 e. The average molecular weight is 312 g/mol. The molecule has 1 aliphatic rings. The van der Waals surface area contributed by atoms with Gasteiger partial charge >= 0.3 is 6.03 Å². The maximum absolute atomic E-state index is 13.6. The van der Waals surface area contributed by atoms with E-state index in [2.05, 4.69) is 5.32 Å². The highest BCUT2D eigenvalue weighted by molar-refractivity contribution is 6.06. The molecule has 0 radical (unpaired) electrons. The molecule has 0 bridgehead atoms. The normalized spacial score (nSPS) is 22.9. The molecule has 1 heterocycles. The number of carbonyl (C=O) groups excluding carboxylic acids is 2. The molecule has 1 aromatic carbocycles. The van der Waals surface area contributed by atoms with Crippen molar-refractivity contribution >= 4 is 11.9 Å². The zero-order chi connectivity index (χ0) is 16.5. The van der Waals surface area contributed by atoms with Crippen molar-refractivity contribution in [1.82, 2.24) is 10.2 Å². The zero-order valence-electron chi connectivity index (χ0n) is 12.4. The molecular formula is C15H18F2N2O3. The van der Waals surface area contributed by atoms with Crippen molar-refractivity contribution in [2.45, 2.75) is 38.3 Å². The molecule has 3 amide bonds. The number of nitrogens with zero attached hydrogens (tertiary/aromatic N) is 1. The van der Waals surface area contributed by atoms with E-state index in [0.717, 1.165) is 23.1 Å². The summed E-state index contributed by atoms with van der Waals surface area (Å²) >= 11 is 0. The minimum absolute atomic E-state index is 0.287. The van der Waals surface area contributed by atoms with Crippen molar-refractivity contribution in [2.24, 2.45) is 0 Å². The standard InChI is InChI=1S/C15H18F2N2O3/c1-3-6-15(2)13(21)19(14(22)18-15)8-12(20)10-7-9(16)4-5-11(10)17/h4-5,7,12,20H,3,6,8H2,1-2H3,(H,18,22). The second-order valence-corrected chi connectivity index (χ2v) is 5.61. The van der Waals surface area contributed by atoms with Crippen molar-refractivity contribution in [2.75, 3.05) is 6.54 Å². The van der Waals surface area contributed by atoms with Crippen LogP contribution in [0.2, 0.25) is 0 Å². The lowest BCUT2D eigenvalue weighted by molar-refractivity contribution is -0.132. The first-order valence-electron chi connectivity index (χ1n) is 7.05. The lowest BCUT2D eigenvalue weighted by Gasteiger charge is -2.22. The molecular weight excluding hydrogens is 294 g/mol. The molecule has 1 aliphatic heterocycles. The summed E-state index contributed by atoms with van der Waals surface area (Å²) in [4.78, 5) is 25.1. The summed E-state index contributed by atoms with van der Waals surface area (Å²) < 4.78 is 26.8. The third kappa shape index (κ3) is 2.94. The van der Waals surface area contributed by atoms with Gasteiger partial charge in [-0.15, -0.1) is 0 Å². The summed E-state index contributed by atoms with van der Waals surface area (Å²) in [6.45, 7) is 3.06. The third-order valence-electron chi connectivity index (χ3n) is 3.77. The van der Waals surface area contributed by atoms with Crippen LogP contribution in [0.4, 0.5) is 13.6 Å². The van der Waals surface area contributed by atoms with Crippen LogP contribution in [0.1, 0.15) is 38.4 Å². The van der Waals surface area contributed by atoms with Gasteiger partial charge in [0.15, 0.2) is 0 Å². The van der Waals surface area contributed by atoms with Gasteiger partial charge in [0.1, 0.15) is 23.3 Å². The molecule has 5 nitrogen and oxygen atoms in total. The summed E-state index contributed by atoms with van der Waals surface area (Å²) in [5.74, 6) is -1.98. The predicted octanol–water partition coefficient (Wildman–Crippen LogP) is 2.11. The largest absolute Gasteiger partial charge is 0.386 e. The molecule has 0 aromatic heterocycles. The van der Waals surface area contributed by atoms with Crippen LogP contribution < -0.4 is 5.32 Å². The van der Waals surface area contributed by atoms with Crippen molar-refractivity contribution in [3.05, 3.63) is 35.4 Å². The van der Waals surface area contributed by atoms with Gasteiger partial charge in [0, 0.05) is 5.56 Å². The lowest BCUT2D eigenvalue weighted by Crippen LogP contribution is -2.44. The Bertz CT molecular complexity index is 608. The molecule has 2 atom stereocenters. The fourth-order valence-corrected chi connectivity index (χ4v) is 2.62. The van der Waals surface area contributed by atoms with Gasteiger partial charge in [0.25, 0.3) is 5.91 Å². The number of amides is 3. The number of nitrogens with one attached hydrogen (secondary N) is 1. The molecule has 22 heavy (non-hydrogen) atoms. The number of carbonyl (C=O) groups is 2. The first-order valence-corrected chi connectivity index (χ1v) is 7.05. The molecule has 0 spiro atoms. The highest BCUT2D eigenvalue weighted by Gasteiger charge is 2.47. The summed E-state index contributed by atoms with van der Waals surface area (Å²) in [5, 5.41) is 12.6. The van der Waals surface area contributed by atoms with Gasteiger partial charge in [-0.2, -0.15) is 0 Å². The Kier molecular flexibility index (Phi) is 4.46. The Hall–Kier alpha value is -2.02. The van der Waals surface area contributed by atoms with E-state index in [9.17, 15) is 23.5 Å². The maximum atomic E-state index is 13.6. The van der Waals surface area contributed by atoms with Crippen molar-refractivity contribution in [1.29, 1.82) is 0 Å². The lowest BCUT2D eigenvalue weighted by atomic mass is 9.96. The quantitative estimate of drug-likeness (QED) is 0.818. The molecule has 1 aromatic rings. The Morgan fingerprint density at radius 2 is 2.05 bits per heavy atom. The SMILES string of the molecule is CCCC1(C)NC(=O)N(CC(O)c2cc(F)ccc2F)C1=O. The number of benzene rings is 1. The topological polar surface area (TPSA) is 69.6 Å². The zero-order valence-corrected chi connectivity index (χ0v) is 12.4.